The van der Waals surface area contributed by atoms with Crippen LogP contribution in [0.3, 0.4) is 0 Å². The molecule has 1 aliphatic rings. The van der Waals surface area contributed by atoms with Crippen LogP contribution in [-0.2, 0) is 9.53 Å². The maximum atomic E-state index is 10.7. The quantitative estimate of drug-likeness (QED) is 0.641. The van der Waals surface area contributed by atoms with E-state index >= 15 is 0 Å². The Labute approximate surface area is 129 Å². The second-order valence-corrected chi connectivity index (χ2v) is 5.64. The van der Waals surface area contributed by atoms with Crippen molar-refractivity contribution in [2.24, 2.45) is 0 Å². The van der Waals surface area contributed by atoms with E-state index in [1.54, 1.807) is 6.07 Å². The monoisotopic (exact) mass is 358 g/mol. The van der Waals surface area contributed by atoms with E-state index in [4.69, 9.17) is 9.84 Å². The molecule has 0 unspecified atom stereocenters. The molecule has 1 saturated heterocycles. The lowest BCUT2D eigenvalue weighted by atomic mass is 10.1. The average Bonchev–Trinajstić information content (AvgIpc) is 2.45. The van der Waals surface area contributed by atoms with Crippen LogP contribution in [0.2, 0.25) is 0 Å². The van der Waals surface area contributed by atoms with Gasteiger partial charge in [-0.3, -0.25) is 10.1 Å². The van der Waals surface area contributed by atoms with E-state index in [0.717, 1.165) is 31.6 Å². The first-order chi connectivity index (χ1) is 9.97. The van der Waals surface area contributed by atoms with E-state index in [1.807, 2.05) is 0 Å². The Bertz CT molecular complexity index is 543. The maximum Gasteiger partial charge on any atom is 0.329 e. The smallest absolute Gasteiger partial charge is 0.329 e. The first-order valence-corrected chi connectivity index (χ1v) is 7.29. The lowest BCUT2D eigenvalue weighted by molar-refractivity contribution is -0.384. The van der Waals surface area contributed by atoms with Crippen molar-refractivity contribution < 1.29 is 19.6 Å². The van der Waals surface area contributed by atoms with Crippen LogP contribution >= 0.6 is 15.9 Å². The molecule has 1 aromatic rings. The maximum absolute atomic E-state index is 10.7. The number of hydrogen-bond donors (Lipinski definition) is 1. The minimum atomic E-state index is -0.962. The number of non-ortho nitro benzene ring substituents is 1. The number of rotatable bonds is 5. The van der Waals surface area contributed by atoms with Gasteiger partial charge in [0.15, 0.2) is 0 Å². The Morgan fingerprint density at radius 3 is 2.67 bits per heavy atom. The van der Waals surface area contributed by atoms with Gasteiger partial charge in [-0.15, -0.1) is 0 Å². The van der Waals surface area contributed by atoms with E-state index in [2.05, 4.69) is 20.8 Å². The van der Waals surface area contributed by atoms with Crippen LogP contribution in [-0.4, -0.2) is 41.8 Å². The number of ether oxygens (including phenoxy) is 1. The highest BCUT2D eigenvalue weighted by Gasteiger charge is 2.22. The summed E-state index contributed by atoms with van der Waals surface area (Å²) >= 11 is 3.36. The summed E-state index contributed by atoms with van der Waals surface area (Å²) in [6, 6.07) is 4.69. The van der Waals surface area contributed by atoms with Gasteiger partial charge in [-0.1, -0.05) is 0 Å². The number of carbonyl (C=O) groups is 1. The molecule has 1 heterocycles. The fourth-order valence-corrected chi connectivity index (χ4v) is 2.94. The van der Waals surface area contributed by atoms with Gasteiger partial charge in [0.05, 0.1) is 16.7 Å². The van der Waals surface area contributed by atoms with Gasteiger partial charge < -0.3 is 14.7 Å². The van der Waals surface area contributed by atoms with Crippen molar-refractivity contribution in [3.05, 3.63) is 32.8 Å². The summed E-state index contributed by atoms with van der Waals surface area (Å²) in [6.07, 6.45) is 1.42. The highest BCUT2D eigenvalue weighted by molar-refractivity contribution is 9.10. The van der Waals surface area contributed by atoms with Gasteiger partial charge in [-0.2, -0.15) is 0 Å². The van der Waals surface area contributed by atoms with Gasteiger partial charge in [0.2, 0.25) is 0 Å². The molecule has 1 N–H and O–H groups in total. The molecule has 0 atom stereocenters. The fourth-order valence-electron chi connectivity index (χ4n) is 2.32. The van der Waals surface area contributed by atoms with Crippen molar-refractivity contribution in [2.75, 3.05) is 24.6 Å². The number of piperidine rings is 1. The van der Waals surface area contributed by atoms with Gasteiger partial charge in [-0.25, -0.2) is 4.79 Å². The summed E-state index contributed by atoms with van der Waals surface area (Å²) < 4.78 is 5.96. The number of hydrogen-bond acceptors (Lipinski definition) is 5. The summed E-state index contributed by atoms with van der Waals surface area (Å²) in [6.45, 7) is 1.17. The third kappa shape index (κ3) is 4.15. The van der Waals surface area contributed by atoms with Crippen LogP contribution in [0, 0.1) is 10.1 Å². The summed E-state index contributed by atoms with van der Waals surface area (Å²) in [5.41, 5.74) is 0.947. The molecular formula is C13H15BrN2O5. The van der Waals surface area contributed by atoms with Crippen molar-refractivity contribution in [3.63, 3.8) is 0 Å². The van der Waals surface area contributed by atoms with Crippen LogP contribution in [0.5, 0.6) is 0 Å². The second kappa shape index (κ2) is 6.86. The van der Waals surface area contributed by atoms with Gasteiger partial charge in [-0.05, 0) is 34.8 Å². The molecule has 0 spiro atoms. The average molecular weight is 359 g/mol. The van der Waals surface area contributed by atoms with Crippen molar-refractivity contribution in [1.82, 2.24) is 0 Å². The third-order valence-electron chi connectivity index (χ3n) is 3.37. The van der Waals surface area contributed by atoms with Crippen LogP contribution < -0.4 is 4.90 Å². The van der Waals surface area contributed by atoms with Crippen LogP contribution in [0.1, 0.15) is 12.8 Å². The number of anilines is 1. The number of carboxylic acid groups (broad SMARTS) is 1. The standard InChI is InChI=1S/C13H15BrN2O5/c14-11-7-9(16(19)20)1-2-12(11)15-5-3-10(4-6-15)21-8-13(17)18/h1-2,7,10H,3-6,8H2,(H,17,18). The number of carboxylic acids is 1. The van der Waals surface area contributed by atoms with Crippen molar-refractivity contribution in [3.8, 4) is 0 Å². The number of benzene rings is 1. The number of aliphatic carboxylic acids is 1. The molecule has 0 bridgehead atoms. The Morgan fingerprint density at radius 2 is 2.14 bits per heavy atom. The van der Waals surface area contributed by atoms with Crippen molar-refractivity contribution in [1.29, 1.82) is 0 Å². The Balaban J connectivity index is 1.96. The van der Waals surface area contributed by atoms with E-state index in [-0.39, 0.29) is 18.4 Å². The molecular weight excluding hydrogens is 344 g/mol. The SMILES string of the molecule is O=C(O)COC1CCN(c2ccc([N+](=O)[O-])cc2Br)CC1. The molecule has 0 aliphatic carbocycles. The highest BCUT2D eigenvalue weighted by atomic mass is 79.9. The first-order valence-electron chi connectivity index (χ1n) is 6.49. The predicted molar refractivity (Wildman–Crippen MR) is 79.6 cm³/mol. The normalized spacial score (nSPS) is 16.0. The van der Waals surface area contributed by atoms with E-state index in [1.165, 1.54) is 12.1 Å². The topological polar surface area (TPSA) is 92.9 Å². The molecule has 1 fully saturated rings. The lowest BCUT2D eigenvalue weighted by Crippen LogP contribution is -2.37. The van der Waals surface area contributed by atoms with Gasteiger partial charge in [0.25, 0.3) is 5.69 Å². The molecule has 1 aromatic carbocycles. The minimum Gasteiger partial charge on any atom is -0.480 e. The van der Waals surface area contributed by atoms with E-state index in [9.17, 15) is 14.9 Å². The molecule has 2 rings (SSSR count). The minimum absolute atomic E-state index is 0.0466. The van der Waals surface area contributed by atoms with E-state index in [0.29, 0.717) is 4.47 Å². The largest absolute Gasteiger partial charge is 0.480 e. The summed E-state index contributed by atoms with van der Waals surface area (Å²) in [4.78, 5) is 22.9. The lowest BCUT2D eigenvalue weighted by Gasteiger charge is -2.33. The van der Waals surface area contributed by atoms with Crippen molar-refractivity contribution >= 4 is 33.3 Å². The molecule has 0 aromatic heterocycles. The first kappa shape index (κ1) is 15.7. The zero-order chi connectivity index (χ0) is 15.4. The molecule has 0 amide bonds. The van der Waals surface area contributed by atoms with Crippen LogP contribution in [0.25, 0.3) is 0 Å². The number of nitro benzene ring substituents is 1. The molecule has 7 nitrogen and oxygen atoms in total. The number of nitro groups is 1. The summed E-state index contributed by atoms with van der Waals surface area (Å²) in [7, 11) is 0. The van der Waals surface area contributed by atoms with Crippen LogP contribution in [0.15, 0.2) is 22.7 Å². The predicted octanol–water partition coefficient (Wildman–Crippen LogP) is 2.43. The Hall–Kier alpha value is -1.67. The fraction of sp³-hybridized carbons (Fsp3) is 0.462. The zero-order valence-electron chi connectivity index (χ0n) is 11.2. The van der Waals surface area contributed by atoms with Crippen LogP contribution in [0.4, 0.5) is 11.4 Å². The molecule has 8 heteroatoms. The highest BCUT2D eigenvalue weighted by Crippen LogP contribution is 2.32. The molecule has 21 heavy (non-hydrogen) atoms. The molecule has 114 valence electrons. The third-order valence-corrected chi connectivity index (χ3v) is 4.00. The van der Waals surface area contributed by atoms with Gasteiger partial charge in [0.1, 0.15) is 6.61 Å². The number of nitrogens with zero attached hydrogens (tertiary/aromatic N) is 2. The summed E-state index contributed by atoms with van der Waals surface area (Å²) in [5.74, 6) is -0.962. The molecule has 1 aliphatic heterocycles. The molecule has 0 saturated carbocycles. The van der Waals surface area contributed by atoms with Crippen molar-refractivity contribution in [2.45, 2.75) is 18.9 Å². The van der Waals surface area contributed by atoms with Gasteiger partial charge in [0, 0.05) is 29.7 Å². The molecule has 0 radical (unpaired) electrons. The summed E-state index contributed by atoms with van der Waals surface area (Å²) in [5, 5.41) is 19.3. The van der Waals surface area contributed by atoms with Gasteiger partial charge >= 0.3 is 5.97 Å². The Morgan fingerprint density at radius 1 is 1.48 bits per heavy atom. The number of halogens is 1. The Kier molecular flexibility index (Phi) is 5.13. The zero-order valence-corrected chi connectivity index (χ0v) is 12.8. The second-order valence-electron chi connectivity index (χ2n) is 4.78. The van der Waals surface area contributed by atoms with E-state index < -0.39 is 10.9 Å².